The summed E-state index contributed by atoms with van der Waals surface area (Å²) < 4.78 is 0. The van der Waals surface area contributed by atoms with Crippen molar-refractivity contribution < 1.29 is 9.59 Å². The van der Waals surface area contributed by atoms with Crippen molar-refractivity contribution in [3.8, 4) is 0 Å². The zero-order valence-corrected chi connectivity index (χ0v) is 14.3. The van der Waals surface area contributed by atoms with Crippen LogP contribution in [0, 0.1) is 28.6 Å². The topological polar surface area (TPSA) is 34.1 Å². The Hall–Kier alpha value is -0.630. The van der Waals surface area contributed by atoms with E-state index in [-0.39, 0.29) is 16.2 Å². The lowest BCUT2D eigenvalue weighted by Crippen LogP contribution is -2.50. The van der Waals surface area contributed by atoms with Crippen LogP contribution in [0.5, 0.6) is 0 Å². The second-order valence-corrected chi connectivity index (χ2v) is 9.02. The van der Waals surface area contributed by atoms with Crippen LogP contribution in [0.25, 0.3) is 0 Å². The highest BCUT2D eigenvalue weighted by atomic mass is 35.5. The molecule has 0 amide bonds. The summed E-state index contributed by atoms with van der Waals surface area (Å²) in [6, 6.07) is 0. The largest absolute Gasteiger partial charge is 0.297 e. The molecule has 22 heavy (non-hydrogen) atoms. The number of carbonyl (C=O) groups is 2. The average Bonchev–Trinajstić information content (AvgIpc) is 2.72. The summed E-state index contributed by atoms with van der Waals surface area (Å²) in [4.78, 5) is 24.4. The Kier molecular flexibility index (Phi) is 3.18. The maximum atomic E-state index is 12.6. The van der Waals surface area contributed by atoms with Crippen molar-refractivity contribution in [2.75, 3.05) is 0 Å². The molecule has 0 aromatic rings. The Morgan fingerprint density at radius 3 is 2.59 bits per heavy atom. The minimum Gasteiger partial charge on any atom is -0.297 e. The van der Waals surface area contributed by atoms with E-state index in [1.165, 1.54) is 5.57 Å². The van der Waals surface area contributed by atoms with Crippen LogP contribution < -0.4 is 0 Å². The normalized spacial score (nSPS) is 51.0. The van der Waals surface area contributed by atoms with Crippen LogP contribution in [-0.4, -0.2) is 16.9 Å². The molecule has 3 saturated carbocycles. The summed E-state index contributed by atoms with van der Waals surface area (Å²) in [6.07, 6.45) is 8.78. The molecular weight excluding hydrogens is 296 g/mol. The van der Waals surface area contributed by atoms with E-state index in [2.05, 4.69) is 13.8 Å². The Labute approximate surface area is 137 Å². The zero-order chi connectivity index (χ0) is 15.7. The predicted molar refractivity (Wildman–Crippen MR) is 86.7 cm³/mol. The number of ketones is 2. The summed E-state index contributed by atoms with van der Waals surface area (Å²) in [7, 11) is 0. The van der Waals surface area contributed by atoms with Crippen molar-refractivity contribution in [1.29, 1.82) is 0 Å². The molecule has 4 rings (SSSR count). The highest BCUT2D eigenvalue weighted by Gasteiger charge is 2.61. The Balaban J connectivity index is 1.70. The van der Waals surface area contributed by atoms with E-state index in [9.17, 15) is 9.59 Å². The second-order valence-electron chi connectivity index (χ2n) is 8.49. The van der Waals surface area contributed by atoms with E-state index in [0.717, 1.165) is 38.5 Å². The van der Waals surface area contributed by atoms with Gasteiger partial charge in [-0.2, -0.15) is 0 Å². The zero-order valence-electron chi connectivity index (χ0n) is 13.5. The first-order valence-corrected chi connectivity index (χ1v) is 9.22. The molecule has 0 unspecified atom stereocenters. The van der Waals surface area contributed by atoms with Gasteiger partial charge in [0.25, 0.3) is 0 Å². The minimum atomic E-state index is -0.272. The van der Waals surface area contributed by atoms with Gasteiger partial charge >= 0.3 is 0 Å². The Morgan fingerprint density at radius 1 is 1.05 bits per heavy atom. The second kappa shape index (κ2) is 4.69. The number of alkyl halides is 1. The summed E-state index contributed by atoms with van der Waals surface area (Å²) in [5.74, 6) is 2.30. The Bertz CT molecular complexity index is 580. The van der Waals surface area contributed by atoms with Gasteiger partial charge in [-0.1, -0.05) is 19.4 Å². The van der Waals surface area contributed by atoms with Crippen molar-refractivity contribution in [3.05, 3.63) is 11.6 Å². The summed E-state index contributed by atoms with van der Waals surface area (Å²) >= 11 is 6.34. The molecular formula is C19H25ClO2. The number of fused-ring (bicyclic) bond motifs is 5. The number of hydrogen-bond acceptors (Lipinski definition) is 2. The predicted octanol–water partition coefficient (Wildman–Crippen LogP) is 4.30. The fourth-order valence-corrected chi connectivity index (χ4v) is 6.75. The van der Waals surface area contributed by atoms with Gasteiger partial charge in [0.1, 0.15) is 0 Å². The lowest BCUT2D eigenvalue weighted by Gasteiger charge is -2.56. The summed E-state index contributed by atoms with van der Waals surface area (Å²) in [5.41, 5.74) is 1.39. The fraction of sp³-hybridized carbons (Fsp3) is 0.789. The van der Waals surface area contributed by atoms with Crippen LogP contribution in [0.15, 0.2) is 11.6 Å². The van der Waals surface area contributed by atoms with Crippen LogP contribution >= 0.6 is 11.6 Å². The monoisotopic (exact) mass is 320 g/mol. The number of rotatable bonds is 0. The highest BCUT2D eigenvalue weighted by Crippen LogP contribution is 2.64. The molecule has 0 spiro atoms. The van der Waals surface area contributed by atoms with E-state index in [1.807, 2.05) is 6.08 Å². The molecule has 0 aromatic heterocycles. The molecule has 0 aromatic carbocycles. The van der Waals surface area contributed by atoms with Crippen molar-refractivity contribution in [3.63, 3.8) is 0 Å². The molecule has 0 N–H and O–H groups in total. The number of carbonyl (C=O) groups excluding carboxylic acids is 2. The fourth-order valence-electron chi connectivity index (χ4n) is 6.31. The lowest BCUT2D eigenvalue weighted by atomic mass is 9.47. The molecule has 6 atom stereocenters. The average molecular weight is 321 g/mol. The van der Waals surface area contributed by atoms with E-state index < -0.39 is 0 Å². The summed E-state index contributed by atoms with van der Waals surface area (Å²) in [5, 5.41) is -0.272. The molecule has 3 heteroatoms. The van der Waals surface area contributed by atoms with Gasteiger partial charge in [0.15, 0.2) is 11.6 Å². The van der Waals surface area contributed by atoms with E-state index in [1.54, 1.807) is 0 Å². The van der Waals surface area contributed by atoms with Gasteiger partial charge in [0.2, 0.25) is 0 Å². The molecule has 0 saturated heterocycles. The smallest absolute Gasteiger partial charge is 0.156 e. The van der Waals surface area contributed by atoms with Crippen molar-refractivity contribution in [1.82, 2.24) is 0 Å². The minimum absolute atomic E-state index is 0.185. The van der Waals surface area contributed by atoms with E-state index in [4.69, 9.17) is 11.6 Å². The molecule has 120 valence electrons. The van der Waals surface area contributed by atoms with Crippen molar-refractivity contribution >= 4 is 23.2 Å². The Morgan fingerprint density at radius 2 is 1.82 bits per heavy atom. The quantitative estimate of drug-likeness (QED) is 0.623. The van der Waals surface area contributed by atoms with Gasteiger partial charge < -0.3 is 0 Å². The van der Waals surface area contributed by atoms with Gasteiger partial charge in [-0.25, -0.2) is 0 Å². The first kappa shape index (κ1) is 14.9. The number of halogens is 1. The molecule has 0 aliphatic heterocycles. The van der Waals surface area contributed by atoms with Crippen LogP contribution in [0.2, 0.25) is 0 Å². The molecule has 0 heterocycles. The molecule has 2 nitrogen and oxygen atoms in total. The third kappa shape index (κ3) is 1.79. The van der Waals surface area contributed by atoms with E-state index >= 15 is 0 Å². The van der Waals surface area contributed by atoms with E-state index in [0.29, 0.717) is 35.7 Å². The molecule has 4 aliphatic rings. The molecule has 3 fully saturated rings. The highest BCUT2D eigenvalue weighted by molar-refractivity contribution is 6.32. The van der Waals surface area contributed by atoms with Gasteiger partial charge in [-0.05, 0) is 67.8 Å². The van der Waals surface area contributed by atoms with Crippen LogP contribution in [0.3, 0.4) is 0 Å². The van der Waals surface area contributed by atoms with Crippen molar-refractivity contribution in [2.24, 2.45) is 28.6 Å². The number of Topliss-reactive ketones (excluding diaryl/α,β-unsaturated/α-hetero) is 1. The van der Waals surface area contributed by atoms with Gasteiger partial charge in [-0.15, -0.1) is 11.6 Å². The standard InChI is InChI=1S/C19H25ClO2/c1-18-7-5-12(21)9-11(18)3-4-13-14(18)6-8-19(2)15(13)10-16(20)17(19)22/h9,13-16H,3-8,10H2,1-2H3/t13-,14+,15+,16-,18+,19+/m1/s1. The first-order chi connectivity index (χ1) is 10.4. The SMILES string of the molecule is C[C@]12CCC(=O)C=C1CC[C@@H]1[C@@H]2CC[C@]2(C)C(=O)[C@H](Cl)C[C@@H]12. The first-order valence-electron chi connectivity index (χ1n) is 8.78. The maximum absolute atomic E-state index is 12.6. The molecule has 0 bridgehead atoms. The third-order valence-electron chi connectivity index (χ3n) is 7.66. The lowest BCUT2D eigenvalue weighted by molar-refractivity contribution is -0.132. The van der Waals surface area contributed by atoms with Crippen LogP contribution in [-0.2, 0) is 9.59 Å². The van der Waals surface area contributed by atoms with Gasteiger partial charge in [0, 0.05) is 11.8 Å². The van der Waals surface area contributed by atoms with Crippen LogP contribution in [0.4, 0.5) is 0 Å². The van der Waals surface area contributed by atoms with Crippen LogP contribution in [0.1, 0.15) is 58.8 Å². The van der Waals surface area contributed by atoms with Gasteiger partial charge in [0.05, 0.1) is 5.38 Å². The summed E-state index contributed by atoms with van der Waals surface area (Å²) in [6.45, 7) is 4.54. The maximum Gasteiger partial charge on any atom is 0.156 e. The number of hydrogen-bond donors (Lipinski definition) is 0. The van der Waals surface area contributed by atoms with Crippen molar-refractivity contribution in [2.45, 2.75) is 64.2 Å². The number of allylic oxidation sites excluding steroid dienone is 1. The molecule has 4 aliphatic carbocycles. The van der Waals surface area contributed by atoms with Gasteiger partial charge in [-0.3, -0.25) is 9.59 Å². The molecule has 0 radical (unpaired) electrons. The third-order valence-corrected chi connectivity index (χ3v) is 8.04.